The van der Waals surface area contributed by atoms with Crippen molar-refractivity contribution in [3.05, 3.63) is 72.3 Å². The Balaban J connectivity index is 2.37. The van der Waals surface area contributed by atoms with Crippen molar-refractivity contribution in [3.63, 3.8) is 0 Å². The number of allylic oxidation sites excluding steroid dienone is 1. The monoisotopic (exact) mass is 431 g/mol. The van der Waals surface area contributed by atoms with Crippen LogP contribution in [0.3, 0.4) is 0 Å². The molecule has 0 aliphatic rings. The third kappa shape index (κ3) is 6.09. The van der Waals surface area contributed by atoms with Crippen LogP contribution in [0, 0.1) is 5.92 Å². The zero-order chi connectivity index (χ0) is 22.1. The highest BCUT2D eigenvalue weighted by Gasteiger charge is 2.34. The van der Waals surface area contributed by atoms with Crippen LogP contribution in [0.4, 0.5) is 0 Å². The summed E-state index contributed by atoms with van der Waals surface area (Å²) in [4.78, 5) is 0. The van der Waals surface area contributed by atoms with Crippen LogP contribution in [0.1, 0.15) is 37.8 Å². The van der Waals surface area contributed by atoms with Gasteiger partial charge in [-0.1, -0.05) is 44.2 Å². The lowest BCUT2D eigenvalue weighted by Crippen LogP contribution is -2.40. The van der Waals surface area contributed by atoms with Crippen molar-refractivity contribution in [2.45, 2.75) is 45.0 Å². The highest BCUT2D eigenvalue weighted by molar-refractivity contribution is 7.89. The van der Waals surface area contributed by atoms with Crippen molar-refractivity contribution in [1.29, 1.82) is 0 Å². The van der Waals surface area contributed by atoms with E-state index in [0.717, 1.165) is 22.6 Å². The first kappa shape index (κ1) is 24.0. The van der Waals surface area contributed by atoms with Gasteiger partial charge in [0.25, 0.3) is 0 Å². The minimum absolute atomic E-state index is 0.00765. The second-order valence-corrected chi connectivity index (χ2v) is 9.61. The van der Waals surface area contributed by atoms with E-state index in [1.807, 2.05) is 62.4 Å². The van der Waals surface area contributed by atoms with Gasteiger partial charge in [-0.2, -0.15) is 4.31 Å². The first-order valence-electron chi connectivity index (χ1n) is 10.2. The maximum atomic E-state index is 13.7. The predicted molar refractivity (Wildman–Crippen MR) is 122 cm³/mol. The third-order valence-corrected chi connectivity index (χ3v) is 7.90. The normalized spacial score (nSPS) is 13.6. The Morgan fingerprint density at radius 1 is 0.933 bits per heavy atom. The van der Waals surface area contributed by atoms with Crippen LogP contribution < -0.4 is 9.47 Å². The standard InChI is InChI=1S/C24H33NO4S/c1-6-8-19(3)24(7-2)30(26,27)25(17-20-9-13-22(28-4)14-10-20)18-21-11-15-23(29-5)16-12-21/h6,9-16,19,24H,1,7-8,17-18H2,2-5H3/t19-,24+/m0/s1. The molecule has 0 N–H and O–H groups in total. The molecule has 0 bridgehead atoms. The number of sulfonamides is 1. The van der Waals surface area contributed by atoms with E-state index in [1.165, 1.54) is 0 Å². The average Bonchev–Trinajstić information content (AvgIpc) is 2.74. The van der Waals surface area contributed by atoms with Crippen LogP contribution in [-0.4, -0.2) is 32.2 Å². The van der Waals surface area contributed by atoms with Crippen molar-refractivity contribution in [2.75, 3.05) is 14.2 Å². The van der Waals surface area contributed by atoms with Gasteiger partial charge in [0.15, 0.2) is 0 Å². The Morgan fingerprint density at radius 3 is 1.70 bits per heavy atom. The maximum Gasteiger partial charge on any atom is 0.217 e. The molecule has 0 aromatic heterocycles. The van der Waals surface area contributed by atoms with Crippen molar-refractivity contribution in [3.8, 4) is 11.5 Å². The van der Waals surface area contributed by atoms with Crippen LogP contribution in [0.5, 0.6) is 11.5 Å². The molecule has 0 saturated heterocycles. The van der Waals surface area contributed by atoms with E-state index in [0.29, 0.717) is 25.9 Å². The number of benzene rings is 2. The van der Waals surface area contributed by atoms with E-state index in [9.17, 15) is 8.42 Å². The quantitative estimate of drug-likeness (QED) is 0.443. The summed E-state index contributed by atoms with van der Waals surface area (Å²) < 4.78 is 39.4. The molecule has 30 heavy (non-hydrogen) atoms. The number of methoxy groups -OCH3 is 2. The highest BCUT2D eigenvalue weighted by Crippen LogP contribution is 2.27. The van der Waals surface area contributed by atoms with Gasteiger partial charge in [0.2, 0.25) is 10.0 Å². The van der Waals surface area contributed by atoms with Crippen LogP contribution in [0.25, 0.3) is 0 Å². The Hall–Kier alpha value is -2.31. The number of hydrogen-bond donors (Lipinski definition) is 0. The largest absolute Gasteiger partial charge is 0.497 e. The van der Waals surface area contributed by atoms with E-state index in [-0.39, 0.29) is 5.92 Å². The Morgan fingerprint density at radius 2 is 1.37 bits per heavy atom. The molecule has 0 aliphatic heterocycles. The molecule has 2 rings (SSSR count). The summed E-state index contributed by atoms with van der Waals surface area (Å²) >= 11 is 0. The van der Waals surface area contributed by atoms with E-state index < -0.39 is 15.3 Å². The SMILES string of the molecule is C=CC[C@H](C)[C@@H](CC)S(=O)(=O)N(Cc1ccc(OC)cc1)Cc1ccc(OC)cc1. The average molecular weight is 432 g/mol. The van der Waals surface area contributed by atoms with Gasteiger partial charge in [-0.05, 0) is 54.2 Å². The van der Waals surface area contributed by atoms with Crippen molar-refractivity contribution in [2.24, 2.45) is 5.92 Å². The molecule has 0 heterocycles. The fourth-order valence-electron chi connectivity index (χ4n) is 3.62. The molecule has 0 amide bonds. The molecule has 0 aliphatic carbocycles. The first-order valence-corrected chi connectivity index (χ1v) is 11.7. The van der Waals surface area contributed by atoms with Crippen LogP contribution in [0.2, 0.25) is 0 Å². The summed E-state index contributed by atoms with van der Waals surface area (Å²) in [6.45, 7) is 8.29. The number of hydrogen-bond acceptors (Lipinski definition) is 4. The van der Waals surface area contributed by atoms with Gasteiger partial charge in [-0.25, -0.2) is 8.42 Å². The molecule has 2 aromatic rings. The molecule has 6 heteroatoms. The van der Waals surface area contributed by atoms with Gasteiger partial charge < -0.3 is 9.47 Å². The van der Waals surface area contributed by atoms with E-state index in [4.69, 9.17) is 9.47 Å². The summed E-state index contributed by atoms with van der Waals surface area (Å²) in [5.74, 6) is 1.48. The molecular formula is C24H33NO4S. The number of nitrogens with zero attached hydrogens (tertiary/aromatic N) is 1. The second-order valence-electron chi connectivity index (χ2n) is 7.46. The predicted octanol–water partition coefficient (Wildman–Crippen LogP) is 5.03. The van der Waals surface area contributed by atoms with Gasteiger partial charge in [0.1, 0.15) is 11.5 Å². The molecule has 5 nitrogen and oxygen atoms in total. The Kier molecular flexibility index (Phi) is 8.93. The molecule has 0 saturated carbocycles. The van der Waals surface area contributed by atoms with Gasteiger partial charge in [0.05, 0.1) is 19.5 Å². The van der Waals surface area contributed by atoms with Gasteiger partial charge >= 0.3 is 0 Å². The van der Waals surface area contributed by atoms with Crippen LogP contribution in [0.15, 0.2) is 61.2 Å². The summed E-state index contributed by atoms with van der Waals surface area (Å²) in [6, 6.07) is 15.0. The van der Waals surface area contributed by atoms with Crippen molar-refractivity contribution in [1.82, 2.24) is 4.31 Å². The lowest BCUT2D eigenvalue weighted by Gasteiger charge is -2.30. The topological polar surface area (TPSA) is 55.8 Å². The summed E-state index contributed by atoms with van der Waals surface area (Å²) in [7, 11) is -0.313. The molecule has 0 unspecified atom stereocenters. The first-order chi connectivity index (χ1) is 14.3. The molecular weight excluding hydrogens is 398 g/mol. The zero-order valence-electron chi connectivity index (χ0n) is 18.4. The second kappa shape index (κ2) is 11.2. The van der Waals surface area contributed by atoms with Crippen molar-refractivity contribution < 1.29 is 17.9 Å². The summed E-state index contributed by atoms with van der Waals surface area (Å²) in [6.07, 6.45) is 3.01. The Bertz CT molecular complexity index is 842. The van der Waals surface area contributed by atoms with E-state index in [1.54, 1.807) is 24.6 Å². The minimum Gasteiger partial charge on any atom is -0.497 e. The molecule has 0 radical (unpaired) electrons. The molecule has 2 aromatic carbocycles. The molecule has 0 spiro atoms. The lowest BCUT2D eigenvalue weighted by molar-refractivity contribution is 0.375. The number of rotatable bonds is 12. The van der Waals surface area contributed by atoms with Gasteiger partial charge in [-0.15, -0.1) is 6.58 Å². The van der Waals surface area contributed by atoms with Crippen LogP contribution >= 0.6 is 0 Å². The summed E-state index contributed by atoms with van der Waals surface area (Å²) in [5.41, 5.74) is 1.83. The fourth-order valence-corrected chi connectivity index (χ4v) is 5.78. The number of ether oxygens (including phenoxy) is 2. The molecule has 2 atom stereocenters. The lowest BCUT2D eigenvalue weighted by atomic mass is 10.0. The van der Waals surface area contributed by atoms with Crippen molar-refractivity contribution >= 4 is 10.0 Å². The van der Waals surface area contributed by atoms with Crippen LogP contribution in [-0.2, 0) is 23.1 Å². The minimum atomic E-state index is -3.54. The highest BCUT2D eigenvalue weighted by atomic mass is 32.2. The van der Waals surface area contributed by atoms with E-state index >= 15 is 0 Å². The Labute approximate surface area is 181 Å². The van der Waals surface area contributed by atoms with Gasteiger partial charge in [-0.3, -0.25) is 0 Å². The fraction of sp³-hybridized carbons (Fsp3) is 0.417. The molecule has 0 fully saturated rings. The summed E-state index contributed by atoms with van der Waals surface area (Å²) in [5, 5.41) is -0.466. The van der Waals surface area contributed by atoms with E-state index in [2.05, 4.69) is 6.58 Å². The smallest absolute Gasteiger partial charge is 0.217 e. The molecule has 164 valence electrons. The van der Waals surface area contributed by atoms with Gasteiger partial charge in [0, 0.05) is 13.1 Å². The zero-order valence-corrected chi connectivity index (χ0v) is 19.2. The maximum absolute atomic E-state index is 13.7. The third-order valence-electron chi connectivity index (χ3n) is 5.35.